The van der Waals surface area contributed by atoms with Gasteiger partial charge in [0.05, 0.1) is 13.2 Å². The Kier molecular flexibility index (Phi) is 8.97. The van der Waals surface area contributed by atoms with E-state index >= 15 is 0 Å². The van der Waals surface area contributed by atoms with Crippen LogP contribution in [-0.4, -0.2) is 88.7 Å². The molecule has 1 aromatic carbocycles. The molecule has 1 amide bonds. The maximum absolute atomic E-state index is 11.8. The number of nitrogens with zero attached hydrogens (tertiary/aromatic N) is 4. The average molecular weight is 433 g/mol. The van der Waals surface area contributed by atoms with Crippen molar-refractivity contribution in [2.75, 3.05) is 50.6 Å². The van der Waals surface area contributed by atoms with Crippen LogP contribution < -0.4 is 15.0 Å². The summed E-state index contributed by atoms with van der Waals surface area (Å²) in [7, 11) is 3.15. The van der Waals surface area contributed by atoms with E-state index in [9.17, 15) is 14.7 Å². The molecule has 0 aliphatic rings. The highest BCUT2D eigenvalue weighted by Gasteiger charge is 2.19. The number of hydrogen-bond donors (Lipinski definition) is 4. The molecule has 2 rings (SSSR count). The van der Waals surface area contributed by atoms with Gasteiger partial charge in [-0.3, -0.25) is 0 Å². The molecule has 0 fully saturated rings. The van der Waals surface area contributed by atoms with E-state index in [2.05, 4.69) is 15.3 Å². The Morgan fingerprint density at radius 2 is 1.74 bits per heavy atom. The zero-order valence-corrected chi connectivity index (χ0v) is 17.4. The van der Waals surface area contributed by atoms with E-state index in [1.807, 2.05) is 0 Å². The van der Waals surface area contributed by atoms with Crippen molar-refractivity contribution < 1.29 is 29.6 Å². The molecule has 11 heteroatoms. The number of carbonyl (C=O) groups is 2. The second-order valence-corrected chi connectivity index (χ2v) is 6.82. The number of ether oxygens (including phenoxy) is 1. The Morgan fingerprint density at radius 1 is 1.10 bits per heavy atom. The number of benzene rings is 1. The first kappa shape index (κ1) is 23.8. The van der Waals surface area contributed by atoms with Crippen molar-refractivity contribution >= 4 is 23.8 Å². The number of nitrogens with one attached hydrogen (secondary N) is 1. The van der Waals surface area contributed by atoms with Gasteiger partial charge in [-0.05, 0) is 23.8 Å². The fraction of sp³-hybridized carbons (Fsp3) is 0.400. The summed E-state index contributed by atoms with van der Waals surface area (Å²) in [5.74, 6) is -0.138. The SMILES string of the molecule is CN(C)C(=O)Oc1ccc(C[C@H](Nc2ccnc(N(CCO)CCO)n2)C(=O)O)cc1. The van der Waals surface area contributed by atoms with Crippen LogP contribution in [0.1, 0.15) is 5.56 Å². The van der Waals surface area contributed by atoms with Crippen molar-refractivity contribution in [2.45, 2.75) is 12.5 Å². The predicted octanol–water partition coefficient (Wildman–Crippen LogP) is 0.436. The molecule has 0 saturated carbocycles. The number of carboxylic acid groups (broad SMARTS) is 1. The number of anilines is 2. The standard InChI is InChI=1S/C20H27N5O6/c1-24(2)20(30)31-15-5-3-14(4-6-15)13-16(18(28)29)22-17-7-8-21-19(23-17)25(9-11-26)10-12-27/h3-8,16,26-27H,9-13H2,1-2H3,(H,28,29)(H,21,22,23)/t16-/m0/s1. The Balaban J connectivity index is 2.09. The van der Waals surface area contributed by atoms with Gasteiger partial charge in [0.1, 0.15) is 17.6 Å². The van der Waals surface area contributed by atoms with Crippen molar-refractivity contribution in [1.29, 1.82) is 0 Å². The lowest BCUT2D eigenvalue weighted by Crippen LogP contribution is -2.33. The van der Waals surface area contributed by atoms with Gasteiger partial charge in [-0.15, -0.1) is 0 Å². The molecule has 0 aliphatic heterocycles. The number of hydrogen-bond acceptors (Lipinski definition) is 9. The van der Waals surface area contributed by atoms with Gasteiger partial charge in [-0.2, -0.15) is 4.98 Å². The third-order valence-electron chi connectivity index (χ3n) is 4.22. The highest BCUT2D eigenvalue weighted by atomic mass is 16.6. The van der Waals surface area contributed by atoms with E-state index in [1.165, 1.54) is 11.1 Å². The van der Waals surface area contributed by atoms with Crippen LogP contribution >= 0.6 is 0 Å². The van der Waals surface area contributed by atoms with E-state index in [1.54, 1.807) is 49.3 Å². The number of carboxylic acids is 1. The van der Waals surface area contributed by atoms with Crippen LogP contribution in [0.3, 0.4) is 0 Å². The number of aromatic nitrogens is 2. The maximum Gasteiger partial charge on any atom is 0.414 e. The first-order valence-electron chi connectivity index (χ1n) is 9.61. The Bertz CT molecular complexity index is 855. The molecule has 4 N–H and O–H groups in total. The second kappa shape index (κ2) is 11.7. The van der Waals surface area contributed by atoms with Crippen molar-refractivity contribution in [2.24, 2.45) is 0 Å². The fourth-order valence-corrected chi connectivity index (χ4v) is 2.63. The van der Waals surface area contributed by atoms with E-state index < -0.39 is 18.1 Å². The van der Waals surface area contributed by atoms with Gasteiger partial charge in [-0.1, -0.05) is 12.1 Å². The Morgan fingerprint density at radius 3 is 2.29 bits per heavy atom. The van der Waals surface area contributed by atoms with Gasteiger partial charge in [0, 0.05) is 39.8 Å². The van der Waals surface area contributed by atoms with Crippen LogP contribution in [0, 0.1) is 0 Å². The van der Waals surface area contributed by atoms with Gasteiger partial charge in [-0.25, -0.2) is 14.6 Å². The molecule has 0 unspecified atom stereocenters. The number of carbonyl (C=O) groups excluding carboxylic acids is 1. The molecule has 1 heterocycles. The van der Waals surface area contributed by atoms with Crippen LogP contribution in [0.15, 0.2) is 36.5 Å². The van der Waals surface area contributed by atoms with E-state index in [0.717, 1.165) is 5.56 Å². The number of rotatable bonds is 11. The number of aliphatic carboxylic acids is 1. The normalized spacial score (nSPS) is 11.5. The summed E-state index contributed by atoms with van der Waals surface area (Å²) in [4.78, 5) is 34.7. The lowest BCUT2D eigenvalue weighted by atomic mass is 10.1. The minimum atomic E-state index is -1.06. The summed E-state index contributed by atoms with van der Waals surface area (Å²) >= 11 is 0. The molecule has 0 spiro atoms. The van der Waals surface area contributed by atoms with Crippen molar-refractivity contribution in [3.8, 4) is 5.75 Å². The van der Waals surface area contributed by atoms with Gasteiger partial charge < -0.3 is 35.2 Å². The molecular weight excluding hydrogens is 406 g/mol. The zero-order valence-electron chi connectivity index (χ0n) is 17.4. The first-order valence-corrected chi connectivity index (χ1v) is 9.61. The molecule has 31 heavy (non-hydrogen) atoms. The van der Waals surface area contributed by atoms with Crippen LogP contribution in [0.4, 0.5) is 16.6 Å². The molecule has 0 bridgehead atoms. The minimum absolute atomic E-state index is 0.140. The molecule has 1 atom stereocenters. The molecule has 11 nitrogen and oxygen atoms in total. The summed E-state index contributed by atoms with van der Waals surface area (Å²) in [6.45, 7) is 0.186. The van der Waals surface area contributed by atoms with Gasteiger partial charge in [0.2, 0.25) is 5.95 Å². The molecular formula is C20H27N5O6. The summed E-state index contributed by atoms with van der Waals surface area (Å²) in [5.41, 5.74) is 0.723. The van der Waals surface area contributed by atoms with E-state index in [0.29, 0.717) is 11.6 Å². The zero-order chi connectivity index (χ0) is 22.8. The van der Waals surface area contributed by atoms with Crippen LogP contribution in [0.5, 0.6) is 5.75 Å². The summed E-state index contributed by atoms with van der Waals surface area (Å²) in [6.07, 6.45) is 1.13. The molecule has 0 aliphatic carbocycles. The second-order valence-electron chi connectivity index (χ2n) is 6.82. The lowest BCUT2D eigenvalue weighted by Gasteiger charge is -2.21. The smallest absolute Gasteiger partial charge is 0.414 e. The lowest BCUT2D eigenvalue weighted by molar-refractivity contribution is -0.137. The molecule has 0 radical (unpaired) electrons. The van der Waals surface area contributed by atoms with Gasteiger partial charge in [0.15, 0.2) is 0 Å². The molecule has 2 aromatic rings. The van der Waals surface area contributed by atoms with Crippen LogP contribution in [0.25, 0.3) is 0 Å². The van der Waals surface area contributed by atoms with Crippen LogP contribution in [0.2, 0.25) is 0 Å². The molecule has 1 aromatic heterocycles. The number of aliphatic hydroxyl groups excluding tert-OH is 2. The molecule has 0 saturated heterocycles. The highest BCUT2D eigenvalue weighted by Crippen LogP contribution is 2.17. The van der Waals surface area contributed by atoms with Crippen LogP contribution in [-0.2, 0) is 11.2 Å². The van der Waals surface area contributed by atoms with Crippen molar-refractivity contribution in [3.63, 3.8) is 0 Å². The Hall–Kier alpha value is -3.44. The summed E-state index contributed by atoms with van der Waals surface area (Å²) in [6, 6.07) is 7.14. The average Bonchev–Trinajstić information content (AvgIpc) is 2.74. The number of amides is 1. The topological polar surface area (TPSA) is 148 Å². The first-order chi connectivity index (χ1) is 14.8. The summed E-state index contributed by atoms with van der Waals surface area (Å²) in [5, 5.41) is 30.8. The predicted molar refractivity (Wildman–Crippen MR) is 113 cm³/mol. The third-order valence-corrected chi connectivity index (χ3v) is 4.22. The maximum atomic E-state index is 11.8. The molecule has 168 valence electrons. The van der Waals surface area contributed by atoms with Crippen molar-refractivity contribution in [3.05, 3.63) is 42.1 Å². The van der Waals surface area contributed by atoms with Gasteiger partial charge >= 0.3 is 12.1 Å². The Labute approximate surface area is 179 Å². The largest absolute Gasteiger partial charge is 0.480 e. The van der Waals surface area contributed by atoms with E-state index in [4.69, 9.17) is 14.9 Å². The number of aliphatic hydroxyl groups is 2. The summed E-state index contributed by atoms with van der Waals surface area (Å²) < 4.78 is 5.15. The monoisotopic (exact) mass is 433 g/mol. The third kappa shape index (κ3) is 7.39. The highest BCUT2D eigenvalue weighted by molar-refractivity contribution is 5.77. The van der Waals surface area contributed by atoms with E-state index in [-0.39, 0.29) is 38.7 Å². The van der Waals surface area contributed by atoms with Crippen molar-refractivity contribution in [1.82, 2.24) is 14.9 Å². The fourth-order valence-electron chi connectivity index (χ4n) is 2.63. The van der Waals surface area contributed by atoms with Gasteiger partial charge in [0.25, 0.3) is 0 Å². The minimum Gasteiger partial charge on any atom is -0.480 e. The quantitative estimate of drug-likeness (QED) is 0.393.